The van der Waals surface area contributed by atoms with E-state index in [1.165, 1.54) is 0 Å². The van der Waals surface area contributed by atoms with Crippen LogP contribution >= 0.6 is 11.6 Å². The number of benzene rings is 1. The van der Waals surface area contributed by atoms with Gasteiger partial charge in [-0.2, -0.15) is 13.2 Å². The van der Waals surface area contributed by atoms with Crippen molar-refractivity contribution in [1.29, 1.82) is 0 Å². The molecule has 1 amide bonds. The number of aliphatic carboxylic acids is 1. The Hall–Kier alpha value is -1.76. The molecule has 0 aliphatic heterocycles. The summed E-state index contributed by atoms with van der Waals surface area (Å²) in [5.74, 6) is -2.37. The van der Waals surface area contributed by atoms with Crippen LogP contribution in [0.4, 0.5) is 18.9 Å². The molecule has 1 aromatic rings. The highest BCUT2D eigenvalue weighted by Crippen LogP contribution is 2.34. The van der Waals surface area contributed by atoms with Gasteiger partial charge in [0.25, 0.3) is 0 Å². The van der Waals surface area contributed by atoms with E-state index in [1.807, 2.05) is 0 Å². The Kier molecular flexibility index (Phi) is 4.33. The lowest BCUT2D eigenvalue weighted by Gasteiger charge is -2.19. The molecule has 1 aromatic carbocycles. The number of hydrogen-bond acceptors (Lipinski definition) is 2. The summed E-state index contributed by atoms with van der Waals surface area (Å²) in [6.45, 7) is 2.26. The van der Waals surface area contributed by atoms with Gasteiger partial charge < -0.3 is 10.4 Å². The van der Waals surface area contributed by atoms with Crippen molar-refractivity contribution in [3.63, 3.8) is 0 Å². The molecule has 4 nitrogen and oxygen atoms in total. The van der Waals surface area contributed by atoms with E-state index >= 15 is 0 Å². The molecule has 8 heteroatoms. The lowest BCUT2D eigenvalue weighted by atomic mass is 9.92. The van der Waals surface area contributed by atoms with Gasteiger partial charge >= 0.3 is 12.1 Å². The third-order valence-corrected chi connectivity index (χ3v) is 2.97. The molecule has 110 valence electrons. The number of amides is 1. The van der Waals surface area contributed by atoms with Gasteiger partial charge in [-0.05, 0) is 32.0 Å². The summed E-state index contributed by atoms with van der Waals surface area (Å²) in [5, 5.41) is 10.8. The van der Waals surface area contributed by atoms with Crippen LogP contribution in [0.5, 0.6) is 0 Å². The lowest BCUT2D eigenvalue weighted by Crippen LogP contribution is -2.37. The van der Waals surface area contributed by atoms with Gasteiger partial charge in [-0.1, -0.05) is 11.6 Å². The second-order valence-corrected chi connectivity index (χ2v) is 4.98. The number of halogens is 4. The van der Waals surface area contributed by atoms with Gasteiger partial charge in [0.05, 0.1) is 16.3 Å². The maximum atomic E-state index is 12.5. The van der Waals surface area contributed by atoms with Crippen LogP contribution in [-0.4, -0.2) is 17.0 Å². The van der Waals surface area contributed by atoms with Crippen molar-refractivity contribution < 1.29 is 27.9 Å². The van der Waals surface area contributed by atoms with E-state index in [0.29, 0.717) is 6.07 Å². The number of nitrogens with one attached hydrogen (secondary N) is 1. The Labute approximate surface area is 117 Å². The summed E-state index contributed by atoms with van der Waals surface area (Å²) in [6, 6.07) is 2.40. The van der Waals surface area contributed by atoms with Crippen LogP contribution in [0.1, 0.15) is 19.4 Å². The quantitative estimate of drug-likeness (QED) is 0.841. The summed E-state index contributed by atoms with van der Waals surface area (Å²) in [4.78, 5) is 22.6. The molecule has 20 heavy (non-hydrogen) atoms. The minimum Gasteiger partial charge on any atom is -0.480 e. The van der Waals surface area contributed by atoms with E-state index < -0.39 is 29.0 Å². The Morgan fingerprint density at radius 2 is 1.80 bits per heavy atom. The minimum absolute atomic E-state index is 0.118. The fraction of sp³-hybridized carbons (Fsp3) is 0.333. The van der Waals surface area contributed by atoms with E-state index in [2.05, 4.69) is 5.32 Å². The SMILES string of the molecule is CC(C)(C(=O)O)C(=O)Nc1cc(C(F)(F)F)ccc1Cl. The first-order valence-electron chi connectivity index (χ1n) is 5.38. The third kappa shape index (κ3) is 3.41. The van der Waals surface area contributed by atoms with Crippen molar-refractivity contribution in [3.05, 3.63) is 28.8 Å². The number of hydrogen-bond donors (Lipinski definition) is 2. The Bertz CT molecular complexity index is 555. The second-order valence-electron chi connectivity index (χ2n) is 4.58. The van der Waals surface area contributed by atoms with E-state index in [0.717, 1.165) is 26.0 Å². The van der Waals surface area contributed by atoms with Gasteiger partial charge in [-0.15, -0.1) is 0 Å². The highest BCUT2D eigenvalue weighted by Gasteiger charge is 2.37. The lowest BCUT2D eigenvalue weighted by molar-refractivity contribution is -0.151. The minimum atomic E-state index is -4.59. The molecule has 0 spiro atoms. The number of carbonyl (C=O) groups is 2. The van der Waals surface area contributed by atoms with Crippen molar-refractivity contribution in [1.82, 2.24) is 0 Å². The molecule has 0 saturated carbocycles. The van der Waals surface area contributed by atoms with Crippen molar-refractivity contribution in [2.24, 2.45) is 5.41 Å². The smallest absolute Gasteiger partial charge is 0.416 e. The zero-order valence-corrected chi connectivity index (χ0v) is 11.3. The van der Waals surface area contributed by atoms with Gasteiger partial charge in [0, 0.05) is 0 Å². The van der Waals surface area contributed by atoms with Gasteiger partial charge in [-0.25, -0.2) is 0 Å². The Balaban J connectivity index is 3.10. The first-order chi connectivity index (χ1) is 8.96. The number of anilines is 1. The zero-order chi connectivity index (χ0) is 15.7. The molecule has 0 atom stereocenters. The van der Waals surface area contributed by atoms with E-state index in [4.69, 9.17) is 16.7 Å². The Morgan fingerprint density at radius 1 is 1.25 bits per heavy atom. The van der Waals surface area contributed by atoms with Crippen LogP contribution in [0, 0.1) is 5.41 Å². The van der Waals surface area contributed by atoms with Gasteiger partial charge in [-0.3, -0.25) is 9.59 Å². The standard InChI is InChI=1S/C12H11ClF3NO3/c1-11(2,10(19)20)9(18)17-8-5-6(12(14,15)16)3-4-7(8)13/h3-5H,1-2H3,(H,17,18)(H,19,20). The van der Waals surface area contributed by atoms with Crippen molar-refractivity contribution in [3.8, 4) is 0 Å². The summed E-state index contributed by atoms with van der Waals surface area (Å²) in [7, 11) is 0. The topological polar surface area (TPSA) is 66.4 Å². The number of alkyl halides is 3. The van der Waals surface area contributed by atoms with Crippen molar-refractivity contribution in [2.45, 2.75) is 20.0 Å². The third-order valence-electron chi connectivity index (χ3n) is 2.64. The molecular formula is C12H11ClF3NO3. The monoisotopic (exact) mass is 309 g/mol. The fourth-order valence-corrected chi connectivity index (χ4v) is 1.34. The molecule has 0 unspecified atom stereocenters. The zero-order valence-electron chi connectivity index (χ0n) is 10.5. The summed E-state index contributed by atoms with van der Waals surface area (Å²) in [6.07, 6.45) is -4.59. The fourth-order valence-electron chi connectivity index (χ4n) is 1.17. The average molecular weight is 310 g/mol. The van der Waals surface area contributed by atoms with Gasteiger partial charge in [0.2, 0.25) is 5.91 Å². The number of rotatable bonds is 3. The van der Waals surface area contributed by atoms with Crippen LogP contribution in [0.2, 0.25) is 5.02 Å². The number of carbonyl (C=O) groups excluding carboxylic acids is 1. The van der Waals surface area contributed by atoms with Crippen LogP contribution in [-0.2, 0) is 15.8 Å². The van der Waals surface area contributed by atoms with Crippen molar-refractivity contribution in [2.75, 3.05) is 5.32 Å². The maximum absolute atomic E-state index is 12.5. The Morgan fingerprint density at radius 3 is 2.25 bits per heavy atom. The van der Waals surface area contributed by atoms with Crippen LogP contribution in [0.3, 0.4) is 0 Å². The molecule has 2 N–H and O–H groups in total. The summed E-state index contributed by atoms with van der Waals surface area (Å²) in [5.41, 5.74) is -3.08. The van der Waals surface area contributed by atoms with E-state index in [9.17, 15) is 22.8 Å². The molecule has 0 fully saturated rings. The molecule has 0 aromatic heterocycles. The highest BCUT2D eigenvalue weighted by molar-refractivity contribution is 6.33. The van der Waals surface area contributed by atoms with Crippen LogP contribution < -0.4 is 5.32 Å². The molecule has 0 radical (unpaired) electrons. The average Bonchev–Trinajstić information content (AvgIpc) is 2.30. The summed E-state index contributed by atoms with van der Waals surface area (Å²) < 4.78 is 37.6. The second kappa shape index (κ2) is 5.32. The molecule has 0 bridgehead atoms. The molecule has 0 saturated heterocycles. The normalized spacial score (nSPS) is 12.1. The largest absolute Gasteiger partial charge is 0.480 e. The molecule has 1 rings (SSSR count). The van der Waals surface area contributed by atoms with E-state index in [-0.39, 0.29) is 10.7 Å². The predicted molar refractivity (Wildman–Crippen MR) is 66.5 cm³/mol. The van der Waals surface area contributed by atoms with Gasteiger partial charge in [0.15, 0.2) is 0 Å². The maximum Gasteiger partial charge on any atom is 0.416 e. The molecule has 0 aliphatic rings. The van der Waals surface area contributed by atoms with Gasteiger partial charge in [0.1, 0.15) is 5.41 Å². The molecular weight excluding hydrogens is 299 g/mol. The highest BCUT2D eigenvalue weighted by atomic mass is 35.5. The molecule has 0 heterocycles. The first-order valence-corrected chi connectivity index (χ1v) is 5.75. The number of carboxylic acid groups (broad SMARTS) is 1. The van der Waals surface area contributed by atoms with E-state index in [1.54, 1.807) is 0 Å². The number of carboxylic acids is 1. The predicted octanol–water partition coefficient (Wildman–Crippen LogP) is 3.41. The van der Waals surface area contributed by atoms with Crippen LogP contribution in [0.25, 0.3) is 0 Å². The van der Waals surface area contributed by atoms with Crippen LogP contribution in [0.15, 0.2) is 18.2 Å². The molecule has 0 aliphatic carbocycles. The first kappa shape index (κ1) is 16.3. The summed E-state index contributed by atoms with van der Waals surface area (Å²) >= 11 is 5.69. The van der Waals surface area contributed by atoms with Crippen molar-refractivity contribution >= 4 is 29.2 Å².